The summed E-state index contributed by atoms with van der Waals surface area (Å²) >= 11 is 0. The van der Waals surface area contributed by atoms with Crippen molar-refractivity contribution in [3.05, 3.63) is 30.4 Å². The highest BCUT2D eigenvalue weighted by atomic mass is 16.3. The number of rotatable bonds is 4. The summed E-state index contributed by atoms with van der Waals surface area (Å²) in [5.41, 5.74) is 1.33. The number of hydrogen-bond acceptors (Lipinski definition) is 6. The first kappa shape index (κ1) is 17.3. The Labute approximate surface area is 154 Å². The molecule has 2 aliphatic heterocycles. The Morgan fingerprint density at radius 3 is 2.54 bits per heavy atom. The van der Waals surface area contributed by atoms with Crippen molar-refractivity contribution in [2.24, 2.45) is 13.0 Å². The zero-order chi connectivity index (χ0) is 17.9. The Morgan fingerprint density at radius 1 is 1.08 bits per heavy atom. The number of aliphatic hydroxyl groups excluding tert-OH is 1. The second-order valence-electron chi connectivity index (χ2n) is 7.51. The van der Waals surface area contributed by atoms with Gasteiger partial charge in [0.25, 0.3) is 0 Å². The van der Waals surface area contributed by atoms with Crippen LogP contribution < -0.4 is 9.80 Å². The monoisotopic (exact) mass is 356 g/mol. The third-order valence-corrected chi connectivity index (χ3v) is 5.84. The van der Waals surface area contributed by atoms with Gasteiger partial charge in [0.2, 0.25) is 0 Å². The Hall–Kier alpha value is -2.15. The molecule has 0 bridgehead atoms. The molecule has 1 N–H and O–H groups in total. The van der Waals surface area contributed by atoms with Crippen LogP contribution in [0.1, 0.15) is 37.3 Å². The molecule has 2 aliphatic rings. The first-order valence-electron chi connectivity index (χ1n) is 9.65. The maximum Gasteiger partial charge on any atom is 0.134 e. The number of aryl methyl sites for hydroxylation is 1. The summed E-state index contributed by atoms with van der Waals surface area (Å²) < 4.78 is 2.00. The van der Waals surface area contributed by atoms with Crippen LogP contribution in [0.5, 0.6) is 0 Å². The van der Waals surface area contributed by atoms with Crippen LogP contribution in [0.3, 0.4) is 0 Å². The van der Waals surface area contributed by atoms with E-state index in [0.717, 1.165) is 63.5 Å². The van der Waals surface area contributed by atoms with Crippen molar-refractivity contribution < 1.29 is 5.11 Å². The maximum absolute atomic E-state index is 9.46. The summed E-state index contributed by atoms with van der Waals surface area (Å²) in [6, 6.07) is 4.25. The summed E-state index contributed by atoms with van der Waals surface area (Å²) in [5.74, 6) is 2.94. The molecule has 0 spiro atoms. The van der Waals surface area contributed by atoms with Crippen LogP contribution in [-0.2, 0) is 7.05 Å². The molecule has 0 saturated carbocycles. The predicted octanol–water partition coefficient (Wildman–Crippen LogP) is 1.80. The van der Waals surface area contributed by atoms with Crippen LogP contribution in [0.2, 0.25) is 0 Å². The van der Waals surface area contributed by atoms with Gasteiger partial charge in [0.05, 0.1) is 0 Å². The van der Waals surface area contributed by atoms with Crippen LogP contribution in [-0.4, -0.2) is 57.6 Å². The van der Waals surface area contributed by atoms with Crippen LogP contribution in [0.25, 0.3) is 0 Å². The van der Waals surface area contributed by atoms with Crippen molar-refractivity contribution in [1.82, 2.24) is 19.7 Å². The van der Waals surface area contributed by atoms with E-state index in [1.165, 1.54) is 5.69 Å². The molecule has 0 amide bonds. The summed E-state index contributed by atoms with van der Waals surface area (Å²) in [5, 5.41) is 13.8. The SMILES string of the molecule is Cn1nccc1C1CCN(c2cc(N3CCCC(CO)C3)ncn2)CC1. The van der Waals surface area contributed by atoms with Gasteiger partial charge < -0.3 is 14.9 Å². The largest absolute Gasteiger partial charge is 0.396 e. The Morgan fingerprint density at radius 2 is 1.85 bits per heavy atom. The molecule has 7 nitrogen and oxygen atoms in total. The summed E-state index contributed by atoms with van der Waals surface area (Å²) in [7, 11) is 2.02. The maximum atomic E-state index is 9.46. The van der Waals surface area contributed by atoms with Crippen LogP contribution in [0.4, 0.5) is 11.6 Å². The number of aliphatic hydroxyl groups is 1. The molecule has 0 radical (unpaired) electrons. The molecule has 2 aromatic rings. The summed E-state index contributed by atoms with van der Waals surface area (Å²) in [6.45, 7) is 4.16. The molecule has 4 rings (SSSR count). The molecule has 26 heavy (non-hydrogen) atoms. The highest BCUT2D eigenvalue weighted by Crippen LogP contribution is 2.30. The Kier molecular flexibility index (Phi) is 5.06. The summed E-state index contributed by atoms with van der Waals surface area (Å²) in [4.78, 5) is 13.7. The van der Waals surface area contributed by atoms with Crippen LogP contribution >= 0.6 is 0 Å². The number of hydrogen-bond donors (Lipinski definition) is 1. The van der Waals surface area contributed by atoms with Gasteiger partial charge in [-0.15, -0.1) is 0 Å². The molecular weight excluding hydrogens is 328 g/mol. The van der Waals surface area contributed by atoms with Gasteiger partial charge in [-0.2, -0.15) is 5.10 Å². The normalized spacial score (nSPS) is 22.0. The molecule has 2 aromatic heterocycles. The van der Waals surface area contributed by atoms with Gasteiger partial charge in [0, 0.05) is 63.7 Å². The van der Waals surface area contributed by atoms with Crippen molar-refractivity contribution in [1.29, 1.82) is 0 Å². The fourth-order valence-corrected chi connectivity index (χ4v) is 4.29. The third-order valence-electron chi connectivity index (χ3n) is 5.84. The minimum atomic E-state index is 0.260. The number of piperidine rings is 2. The molecule has 0 aliphatic carbocycles. The lowest BCUT2D eigenvalue weighted by Gasteiger charge is -2.35. The van der Waals surface area contributed by atoms with Gasteiger partial charge >= 0.3 is 0 Å². The van der Waals surface area contributed by atoms with E-state index in [1.54, 1.807) is 6.33 Å². The van der Waals surface area contributed by atoms with Gasteiger partial charge in [0.15, 0.2) is 0 Å². The van der Waals surface area contributed by atoms with E-state index in [2.05, 4.69) is 37.0 Å². The lowest BCUT2D eigenvalue weighted by atomic mass is 9.93. The minimum Gasteiger partial charge on any atom is -0.396 e. The molecule has 7 heteroatoms. The minimum absolute atomic E-state index is 0.260. The highest BCUT2D eigenvalue weighted by Gasteiger charge is 2.25. The van der Waals surface area contributed by atoms with Crippen molar-refractivity contribution in [3.8, 4) is 0 Å². The van der Waals surface area contributed by atoms with Gasteiger partial charge in [0.1, 0.15) is 18.0 Å². The standard InChI is InChI=1S/C19H28N6O/c1-23-17(4-7-22-23)16-5-9-24(10-6-16)18-11-19(21-14-20-18)25-8-2-3-15(12-25)13-26/h4,7,11,14-16,26H,2-3,5-6,8-10,12-13H2,1H3. The lowest BCUT2D eigenvalue weighted by molar-refractivity contribution is 0.208. The van der Waals surface area contributed by atoms with E-state index >= 15 is 0 Å². The van der Waals surface area contributed by atoms with E-state index in [0.29, 0.717) is 11.8 Å². The van der Waals surface area contributed by atoms with Gasteiger partial charge in [-0.1, -0.05) is 0 Å². The van der Waals surface area contributed by atoms with E-state index in [-0.39, 0.29) is 6.61 Å². The first-order valence-corrected chi connectivity index (χ1v) is 9.65. The van der Waals surface area contributed by atoms with E-state index in [9.17, 15) is 5.11 Å². The Bertz CT molecular complexity index is 724. The van der Waals surface area contributed by atoms with Crippen LogP contribution in [0, 0.1) is 5.92 Å². The number of aromatic nitrogens is 4. The fraction of sp³-hybridized carbons (Fsp3) is 0.632. The molecule has 1 atom stereocenters. The molecule has 4 heterocycles. The van der Waals surface area contributed by atoms with E-state index < -0.39 is 0 Å². The third kappa shape index (κ3) is 3.53. The number of anilines is 2. The molecular formula is C19H28N6O. The van der Waals surface area contributed by atoms with E-state index in [4.69, 9.17) is 0 Å². The predicted molar refractivity (Wildman–Crippen MR) is 101 cm³/mol. The topological polar surface area (TPSA) is 70.3 Å². The average Bonchev–Trinajstić information content (AvgIpc) is 3.14. The van der Waals surface area contributed by atoms with Crippen molar-refractivity contribution >= 4 is 11.6 Å². The van der Waals surface area contributed by atoms with Gasteiger partial charge in [-0.3, -0.25) is 4.68 Å². The zero-order valence-electron chi connectivity index (χ0n) is 15.5. The Balaban J connectivity index is 1.42. The first-order chi connectivity index (χ1) is 12.7. The number of nitrogens with zero attached hydrogens (tertiary/aromatic N) is 6. The molecule has 140 valence electrons. The zero-order valence-corrected chi connectivity index (χ0v) is 15.5. The smallest absolute Gasteiger partial charge is 0.134 e. The molecule has 2 fully saturated rings. The molecule has 1 unspecified atom stereocenters. The van der Waals surface area contributed by atoms with Gasteiger partial charge in [-0.05, 0) is 37.7 Å². The summed E-state index contributed by atoms with van der Waals surface area (Å²) in [6.07, 6.45) is 8.02. The van der Waals surface area contributed by atoms with E-state index in [1.807, 2.05) is 17.9 Å². The second-order valence-corrected chi connectivity index (χ2v) is 7.51. The second kappa shape index (κ2) is 7.61. The van der Waals surface area contributed by atoms with Gasteiger partial charge in [-0.25, -0.2) is 9.97 Å². The highest BCUT2D eigenvalue weighted by molar-refractivity contribution is 5.50. The average molecular weight is 356 g/mol. The van der Waals surface area contributed by atoms with Crippen molar-refractivity contribution in [2.75, 3.05) is 42.6 Å². The quantitative estimate of drug-likeness (QED) is 0.901. The van der Waals surface area contributed by atoms with Crippen molar-refractivity contribution in [3.63, 3.8) is 0 Å². The van der Waals surface area contributed by atoms with Crippen molar-refractivity contribution in [2.45, 2.75) is 31.6 Å². The lowest BCUT2D eigenvalue weighted by Crippen LogP contribution is -2.38. The van der Waals surface area contributed by atoms with Crippen LogP contribution in [0.15, 0.2) is 24.7 Å². The fourth-order valence-electron chi connectivity index (χ4n) is 4.29. The molecule has 2 saturated heterocycles. The molecule has 0 aromatic carbocycles.